The maximum absolute atomic E-state index is 11.4. The Kier molecular flexibility index (Phi) is 3.92. The van der Waals surface area contributed by atoms with Crippen LogP contribution in [-0.2, 0) is 9.53 Å². The summed E-state index contributed by atoms with van der Waals surface area (Å²) in [6.45, 7) is 5.81. The molecule has 1 atom stereocenters. The Bertz CT molecular complexity index is 192. The van der Waals surface area contributed by atoms with Gasteiger partial charge in [0.2, 0.25) is 5.91 Å². The summed E-state index contributed by atoms with van der Waals surface area (Å²) in [6.07, 6.45) is 1.74. The van der Waals surface area contributed by atoms with Gasteiger partial charge in [-0.3, -0.25) is 4.79 Å². The summed E-state index contributed by atoms with van der Waals surface area (Å²) >= 11 is 0. The van der Waals surface area contributed by atoms with Gasteiger partial charge in [-0.15, -0.1) is 6.58 Å². The minimum absolute atomic E-state index is 0.0476. The lowest BCUT2D eigenvalue weighted by molar-refractivity contribution is -0.146. The quantitative estimate of drug-likeness (QED) is 0.605. The Labute approximate surface area is 78.5 Å². The van der Waals surface area contributed by atoms with Crippen LogP contribution in [0.15, 0.2) is 12.7 Å². The van der Waals surface area contributed by atoms with Crippen LogP contribution >= 0.6 is 0 Å². The maximum atomic E-state index is 11.4. The van der Waals surface area contributed by atoms with Crippen LogP contribution in [0.2, 0.25) is 0 Å². The van der Waals surface area contributed by atoms with Gasteiger partial charge in [-0.05, 0) is 7.05 Å². The number of carbonyl (C=O) groups is 1. The van der Waals surface area contributed by atoms with Gasteiger partial charge < -0.3 is 15.0 Å². The molecule has 1 heterocycles. The number of hydrogen-bond acceptors (Lipinski definition) is 3. The second-order valence-electron chi connectivity index (χ2n) is 3.06. The number of morpholine rings is 1. The fourth-order valence-corrected chi connectivity index (χ4v) is 1.45. The molecule has 4 heteroatoms. The number of amides is 1. The smallest absolute Gasteiger partial charge is 0.249 e. The van der Waals surface area contributed by atoms with E-state index in [0.29, 0.717) is 13.2 Å². The van der Waals surface area contributed by atoms with Gasteiger partial charge in [0.05, 0.1) is 12.6 Å². The minimum Gasteiger partial charge on any atom is -0.369 e. The largest absolute Gasteiger partial charge is 0.369 e. The van der Waals surface area contributed by atoms with Gasteiger partial charge in [0.1, 0.15) is 6.61 Å². The van der Waals surface area contributed by atoms with E-state index in [1.807, 2.05) is 7.05 Å². The Hall–Kier alpha value is -0.870. The van der Waals surface area contributed by atoms with Crippen LogP contribution in [0.4, 0.5) is 0 Å². The van der Waals surface area contributed by atoms with Crippen molar-refractivity contribution in [2.24, 2.45) is 0 Å². The third-order valence-corrected chi connectivity index (χ3v) is 2.06. The summed E-state index contributed by atoms with van der Waals surface area (Å²) in [7, 11) is 1.87. The molecule has 1 unspecified atom stereocenters. The molecular formula is C9H16N2O2. The van der Waals surface area contributed by atoms with Gasteiger partial charge in [-0.2, -0.15) is 0 Å². The van der Waals surface area contributed by atoms with Crippen LogP contribution in [0.3, 0.4) is 0 Å². The number of nitrogens with zero attached hydrogens (tertiary/aromatic N) is 1. The summed E-state index contributed by atoms with van der Waals surface area (Å²) < 4.78 is 5.16. The molecule has 0 spiro atoms. The molecule has 0 radical (unpaired) electrons. The number of rotatable bonds is 4. The lowest BCUT2D eigenvalue weighted by atomic mass is 10.2. The molecule has 1 N–H and O–H groups in total. The van der Waals surface area contributed by atoms with Gasteiger partial charge in [-0.25, -0.2) is 0 Å². The molecule has 0 aliphatic carbocycles. The fourth-order valence-electron chi connectivity index (χ4n) is 1.45. The van der Waals surface area contributed by atoms with Gasteiger partial charge >= 0.3 is 0 Å². The molecule has 0 saturated carbocycles. The van der Waals surface area contributed by atoms with Crippen molar-refractivity contribution in [3.63, 3.8) is 0 Å². The highest BCUT2D eigenvalue weighted by atomic mass is 16.5. The van der Waals surface area contributed by atoms with E-state index < -0.39 is 0 Å². The first kappa shape index (κ1) is 10.2. The van der Waals surface area contributed by atoms with E-state index in [4.69, 9.17) is 4.74 Å². The van der Waals surface area contributed by atoms with E-state index >= 15 is 0 Å². The molecule has 1 saturated heterocycles. The van der Waals surface area contributed by atoms with E-state index in [1.54, 1.807) is 11.0 Å². The van der Waals surface area contributed by atoms with Gasteiger partial charge in [0.25, 0.3) is 0 Å². The second-order valence-corrected chi connectivity index (χ2v) is 3.06. The van der Waals surface area contributed by atoms with Crippen molar-refractivity contribution < 1.29 is 9.53 Å². The van der Waals surface area contributed by atoms with Crippen molar-refractivity contribution in [2.45, 2.75) is 6.04 Å². The first-order valence-electron chi connectivity index (χ1n) is 4.42. The molecule has 0 bridgehead atoms. The van der Waals surface area contributed by atoms with E-state index in [0.717, 1.165) is 6.54 Å². The summed E-state index contributed by atoms with van der Waals surface area (Å²) in [5.74, 6) is 0.0476. The summed E-state index contributed by atoms with van der Waals surface area (Å²) in [4.78, 5) is 13.2. The molecule has 0 aromatic carbocycles. The summed E-state index contributed by atoms with van der Waals surface area (Å²) in [5, 5.41) is 3.04. The third-order valence-electron chi connectivity index (χ3n) is 2.06. The molecule has 0 aromatic heterocycles. The van der Waals surface area contributed by atoms with Crippen molar-refractivity contribution in [1.29, 1.82) is 0 Å². The Morgan fingerprint density at radius 1 is 1.85 bits per heavy atom. The number of nitrogens with one attached hydrogen (secondary N) is 1. The Morgan fingerprint density at radius 2 is 2.62 bits per heavy atom. The average Bonchev–Trinajstić information content (AvgIpc) is 2.11. The van der Waals surface area contributed by atoms with E-state index in [9.17, 15) is 4.79 Å². The molecule has 1 aliphatic heterocycles. The van der Waals surface area contributed by atoms with E-state index in [1.165, 1.54) is 0 Å². The number of carbonyl (C=O) groups excluding carboxylic acids is 1. The number of hydrogen-bond donors (Lipinski definition) is 1. The lowest BCUT2D eigenvalue weighted by Gasteiger charge is -2.34. The summed E-state index contributed by atoms with van der Waals surface area (Å²) in [6, 6.07) is 0.143. The number of likely N-dealkylation sites (N-methyl/N-ethyl adjacent to an activating group) is 1. The second kappa shape index (κ2) is 4.99. The van der Waals surface area contributed by atoms with Crippen molar-refractivity contribution in [3.8, 4) is 0 Å². The van der Waals surface area contributed by atoms with Gasteiger partial charge in [-0.1, -0.05) is 6.08 Å². The molecule has 1 rings (SSSR count). The van der Waals surface area contributed by atoms with Crippen LogP contribution in [0.1, 0.15) is 0 Å². The first-order chi connectivity index (χ1) is 6.29. The highest BCUT2D eigenvalue weighted by Gasteiger charge is 2.26. The predicted octanol–water partition coefficient (Wildman–Crippen LogP) is -0.381. The van der Waals surface area contributed by atoms with E-state index in [-0.39, 0.29) is 18.6 Å². The van der Waals surface area contributed by atoms with Crippen LogP contribution in [-0.4, -0.2) is 50.2 Å². The Morgan fingerprint density at radius 3 is 3.23 bits per heavy atom. The van der Waals surface area contributed by atoms with Crippen LogP contribution < -0.4 is 5.32 Å². The molecule has 4 nitrogen and oxygen atoms in total. The zero-order chi connectivity index (χ0) is 9.68. The Balaban J connectivity index is 2.56. The standard InChI is InChI=1S/C9H16N2O2/c1-3-4-11-8(5-10-2)6-13-7-9(11)12/h3,8,10H,1,4-7H2,2H3. The van der Waals surface area contributed by atoms with Crippen molar-refractivity contribution >= 4 is 5.91 Å². The normalized spacial score (nSPS) is 23.3. The monoisotopic (exact) mass is 184 g/mol. The van der Waals surface area contributed by atoms with Crippen molar-refractivity contribution in [2.75, 3.05) is 33.4 Å². The fraction of sp³-hybridized carbons (Fsp3) is 0.667. The molecule has 0 aromatic rings. The van der Waals surface area contributed by atoms with Crippen LogP contribution in [0, 0.1) is 0 Å². The van der Waals surface area contributed by atoms with Crippen molar-refractivity contribution in [1.82, 2.24) is 10.2 Å². The van der Waals surface area contributed by atoms with Crippen molar-refractivity contribution in [3.05, 3.63) is 12.7 Å². The first-order valence-corrected chi connectivity index (χ1v) is 4.42. The molecule has 1 amide bonds. The lowest BCUT2D eigenvalue weighted by Crippen LogP contribution is -2.53. The van der Waals surface area contributed by atoms with E-state index in [2.05, 4.69) is 11.9 Å². The molecule has 13 heavy (non-hydrogen) atoms. The van der Waals surface area contributed by atoms with Crippen LogP contribution in [0.25, 0.3) is 0 Å². The highest BCUT2D eigenvalue weighted by Crippen LogP contribution is 2.06. The van der Waals surface area contributed by atoms with Gasteiger partial charge in [0, 0.05) is 13.1 Å². The molecular weight excluding hydrogens is 168 g/mol. The third kappa shape index (κ3) is 2.54. The highest BCUT2D eigenvalue weighted by molar-refractivity contribution is 5.78. The predicted molar refractivity (Wildman–Crippen MR) is 50.4 cm³/mol. The zero-order valence-corrected chi connectivity index (χ0v) is 7.95. The maximum Gasteiger partial charge on any atom is 0.249 e. The van der Waals surface area contributed by atoms with Gasteiger partial charge in [0.15, 0.2) is 0 Å². The molecule has 1 fully saturated rings. The molecule has 74 valence electrons. The minimum atomic E-state index is 0.0476. The number of ether oxygens (including phenoxy) is 1. The summed E-state index contributed by atoms with van der Waals surface area (Å²) in [5.41, 5.74) is 0. The zero-order valence-electron chi connectivity index (χ0n) is 7.95. The topological polar surface area (TPSA) is 41.6 Å². The SMILES string of the molecule is C=CCN1C(=O)COCC1CNC. The average molecular weight is 184 g/mol. The van der Waals surface area contributed by atoms with Crippen LogP contribution in [0.5, 0.6) is 0 Å². The molecule has 1 aliphatic rings.